The van der Waals surface area contributed by atoms with Crippen LogP contribution in [0.25, 0.3) is 0 Å². The standard InChI is InChI=1S/C31H37NO6.Na/c1-16(2)20-15-31-13-10-21-29(3,11-5-12-30(21,4)28(37)38)22(31)14-19(20)23-24(31)26(34)32(25(23)33)18-8-6-17(7-9-18)27(35)36;/h6-9,15-16,19,21-24H,5,10-14H2,1-4H3,(H,35,36)(H,37,38);. The number of rotatable bonds is 4. The Balaban J connectivity index is 0.00000308. The van der Waals surface area contributed by atoms with Crippen LogP contribution in [-0.2, 0) is 14.4 Å². The van der Waals surface area contributed by atoms with Crippen LogP contribution in [0, 0.1) is 51.8 Å². The van der Waals surface area contributed by atoms with E-state index in [0.717, 1.165) is 32.1 Å². The maximum Gasteiger partial charge on any atom is 0.335 e. The number of fused-ring (bicyclic) bond motifs is 1. The molecule has 39 heavy (non-hydrogen) atoms. The fourth-order valence-electron chi connectivity index (χ4n) is 9.97. The molecule has 8 atom stereocenters. The summed E-state index contributed by atoms with van der Waals surface area (Å²) in [7, 11) is 0. The van der Waals surface area contributed by atoms with Gasteiger partial charge in [0.05, 0.1) is 28.5 Å². The number of hydrogen-bond acceptors (Lipinski definition) is 4. The van der Waals surface area contributed by atoms with Gasteiger partial charge in [0, 0.05) is 35.0 Å². The molecule has 3 saturated carbocycles. The molecule has 7 nitrogen and oxygen atoms in total. The number of allylic oxidation sites excluding steroid dienone is 2. The molecule has 0 aromatic heterocycles. The molecule has 1 radical (unpaired) electrons. The van der Waals surface area contributed by atoms with E-state index in [-0.39, 0.29) is 76.0 Å². The van der Waals surface area contributed by atoms with E-state index in [9.17, 15) is 29.4 Å². The molecule has 4 fully saturated rings. The molecular weight excluding hydrogens is 505 g/mol. The molecule has 5 aliphatic carbocycles. The van der Waals surface area contributed by atoms with Gasteiger partial charge in [-0.15, -0.1) is 0 Å². The predicted molar refractivity (Wildman–Crippen MR) is 146 cm³/mol. The second kappa shape index (κ2) is 9.28. The van der Waals surface area contributed by atoms with Crippen molar-refractivity contribution in [1.29, 1.82) is 0 Å². The normalized spacial score (nSPS) is 40.4. The Morgan fingerprint density at radius 3 is 2.23 bits per heavy atom. The largest absolute Gasteiger partial charge is 0.481 e. The zero-order valence-corrected chi connectivity index (χ0v) is 25.6. The summed E-state index contributed by atoms with van der Waals surface area (Å²) >= 11 is 0. The van der Waals surface area contributed by atoms with E-state index in [1.165, 1.54) is 22.6 Å². The minimum absolute atomic E-state index is 0. The minimum atomic E-state index is -1.05. The summed E-state index contributed by atoms with van der Waals surface area (Å²) < 4.78 is 0. The van der Waals surface area contributed by atoms with Crippen LogP contribution >= 0.6 is 0 Å². The van der Waals surface area contributed by atoms with Crippen molar-refractivity contribution < 1.29 is 29.4 Å². The quantitative estimate of drug-likeness (QED) is 0.314. The number of hydrogen-bond donors (Lipinski definition) is 2. The van der Waals surface area contributed by atoms with Crippen LogP contribution in [0.1, 0.15) is 76.6 Å². The van der Waals surface area contributed by atoms with E-state index < -0.39 is 34.6 Å². The van der Waals surface area contributed by atoms with Crippen LogP contribution in [0.2, 0.25) is 0 Å². The Kier molecular flexibility index (Phi) is 6.80. The zero-order valence-electron chi connectivity index (χ0n) is 23.6. The van der Waals surface area contributed by atoms with Crippen molar-refractivity contribution in [2.24, 2.45) is 51.8 Å². The molecule has 2 bridgehead atoms. The summed E-state index contributed by atoms with van der Waals surface area (Å²) in [5, 5.41) is 19.6. The number of carbonyl (C=O) groups is 4. The maximum atomic E-state index is 14.3. The monoisotopic (exact) mass is 542 g/mol. The van der Waals surface area contributed by atoms with Crippen molar-refractivity contribution in [2.75, 3.05) is 4.90 Å². The topological polar surface area (TPSA) is 112 Å². The molecular formula is C31H37NNaO6. The van der Waals surface area contributed by atoms with E-state index in [1.54, 1.807) is 12.1 Å². The van der Waals surface area contributed by atoms with Gasteiger partial charge in [-0.25, -0.2) is 4.79 Å². The molecule has 2 amide bonds. The molecule has 1 heterocycles. The second-order valence-electron chi connectivity index (χ2n) is 13.3. The number of carboxylic acid groups (broad SMARTS) is 2. The molecule has 1 aromatic carbocycles. The van der Waals surface area contributed by atoms with Gasteiger partial charge in [-0.1, -0.05) is 38.8 Å². The number of anilines is 1. The number of amides is 2. The van der Waals surface area contributed by atoms with Crippen LogP contribution in [-0.4, -0.2) is 63.5 Å². The first-order valence-electron chi connectivity index (χ1n) is 14.0. The van der Waals surface area contributed by atoms with Crippen molar-refractivity contribution in [1.82, 2.24) is 0 Å². The Morgan fingerprint density at radius 1 is 0.974 bits per heavy atom. The fraction of sp³-hybridized carbons (Fsp3) is 0.613. The number of carbonyl (C=O) groups excluding carboxylic acids is 2. The summed E-state index contributed by atoms with van der Waals surface area (Å²) in [6.45, 7) is 8.51. The van der Waals surface area contributed by atoms with Gasteiger partial charge < -0.3 is 10.2 Å². The van der Waals surface area contributed by atoms with Gasteiger partial charge in [0.25, 0.3) is 0 Å². The summed E-state index contributed by atoms with van der Waals surface area (Å²) in [6, 6.07) is 5.99. The van der Waals surface area contributed by atoms with Gasteiger partial charge >= 0.3 is 11.9 Å². The number of carboxylic acids is 2. The van der Waals surface area contributed by atoms with Crippen LogP contribution in [0.3, 0.4) is 0 Å². The third-order valence-corrected chi connectivity index (χ3v) is 11.5. The molecule has 203 valence electrons. The van der Waals surface area contributed by atoms with Gasteiger partial charge in [0.15, 0.2) is 0 Å². The van der Waals surface area contributed by atoms with Crippen molar-refractivity contribution in [2.45, 2.75) is 66.2 Å². The number of aromatic carboxylic acids is 1. The van der Waals surface area contributed by atoms with Crippen LogP contribution in [0.5, 0.6) is 0 Å². The molecule has 6 aliphatic rings. The fourth-order valence-corrected chi connectivity index (χ4v) is 9.97. The summed E-state index contributed by atoms with van der Waals surface area (Å²) in [6.07, 6.45) is 7.13. The molecule has 1 aromatic rings. The maximum absolute atomic E-state index is 14.3. The second-order valence-corrected chi connectivity index (χ2v) is 13.3. The summed E-state index contributed by atoms with van der Waals surface area (Å²) in [4.78, 5) is 53.5. The molecule has 8 unspecified atom stereocenters. The first-order chi connectivity index (χ1) is 17.9. The number of nitrogens with zero attached hydrogens (tertiary/aromatic N) is 1. The Bertz CT molecular complexity index is 1290. The third-order valence-electron chi connectivity index (χ3n) is 11.5. The van der Waals surface area contributed by atoms with Crippen LogP contribution in [0.15, 0.2) is 35.9 Å². The van der Waals surface area contributed by atoms with E-state index in [2.05, 4.69) is 26.8 Å². The van der Waals surface area contributed by atoms with E-state index in [1.807, 2.05) is 6.92 Å². The van der Waals surface area contributed by atoms with Crippen molar-refractivity contribution >= 4 is 59.0 Å². The van der Waals surface area contributed by atoms with Gasteiger partial charge in [0.2, 0.25) is 11.8 Å². The molecule has 8 heteroatoms. The van der Waals surface area contributed by atoms with Crippen molar-refractivity contribution in [3.8, 4) is 0 Å². The number of imide groups is 1. The Morgan fingerprint density at radius 2 is 1.64 bits per heavy atom. The van der Waals surface area contributed by atoms with E-state index in [4.69, 9.17) is 0 Å². The van der Waals surface area contributed by atoms with Gasteiger partial charge in [-0.05, 0) is 92.4 Å². The molecule has 1 spiro atoms. The van der Waals surface area contributed by atoms with Crippen molar-refractivity contribution in [3.63, 3.8) is 0 Å². The van der Waals surface area contributed by atoms with Crippen LogP contribution < -0.4 is 4.90 Å². The van der Waals surface area contributed by atoms with E-state index in [0.29, 0.717) is 12.1 Å². The predicted octanol–water partition coefficient (Wildman–Crippen LogP) is 5.02. The first kappa shape index (κ1) is 28.6. The van der Waals surface area contributed by atoms with Gasteiger partial charge in [0.1, 0.15) is 0 Å². The zero-order chi connectivity index (χ0) is 27.4. The molecule has 7 rings (SSSR count). The Hall–Kier alpha value is -1.96. The summed E-state index contributed by atoms with van der Waals surface area (Å²) in [5.41, 5.74) is 0.343. The average Bonchev–Trinajstić information content (AvgIpc) is 3.15. The molecule has 1 aliphatic heterocycles. The van der Waals surface area contributed by atoms with E-state index >= 15 is 0 Å². The van der Waals surface area contributed by atoms with Gasteiger partial charge in [-0.3, -0.25) is 19.3 Å². The smallest absolute Gasteiger partial charge is 0.335 e. The number of aliphatic carboxylic acids is 1. The van der Waals surface area contributed by atoms with Gasteiger partial charge in [-0.2, -0.15) is 0 Å². The number of benzene rings is 1. The Labute approximate surface area is 251 Å². The van der Waals surface area contributed by atoms with Crippen molar-refractivity contribution in [3.05, 3.63) is 41.5 Å². The SMILES string of the molecule is CC(C)C1=CC23CCC4C(C)(C(=O)O)CCCC4(C)C2CC1C1C(=O)N(c2ccc(C(=O)O)cc2)C(=O)C13.[Na]. The average molecular weight is 543 g/mol. The minimum Gasteiger partial charge on any atom is -0.481 e. The first-order valence-corrected chi connectivity index (χ1v) is 14.0. The summed E-state index contributed by atoms with van der Waals surface area (Å²) in [5.74, 6) is -2.62. The van der Waals surface area contributed by atoms with Crippen LogP contribution in [0.4, 0.5) is 5.69 Å². The molecule has 2 N–H and O–H groups in total. The third kappa shape index (κ3) is 3.64. The molecule has 1 saturated heterocycles.